The highest BCUT2D eigenvalue weighted by molar-refractivity contribution is 7.99. The molecule has 3 rings (SSSR count). The summed E-state index contributed by atoms with van der Waals surface area (Å²) < 4.78 is 22.2. The molecule has 1 atom stereocenters. The molecule has 28 heavy (non-hydrogen) atoms. The van der Waals surface area contributed by atoms with Crippen molar-refractivity contribution in [3.05, 3.63) is 47.5 Å². The van der Waals surface area contributed by atoms with Crippen LogP contribution in [-0.4, -0.2) is 38.6 Å². The average Bonchev–Trinajstić information content (AvgIpc) is 2.70. The van der Waals surface area contributed by atoms with E-state index in [2.05, 4.69) is 12.1 Å². The standard InChI is InChI=1S/C22H26O5S/c1-22(2)9-8-14-10-16(6-7-17(14)27-22)28-20(13-23)15-11-18(24-3)21(26-5)19(12-15)25-4/h6-12,20,23H,13H2,1-5H3. The minimum Gasteiger partial charge on any atom is -0.493 e. The van der Waals surface area contributed by atoms with Gasteiger partial charge >= 0.3 is 0 Å². The molecule has 2 aromatic carbocycles. The number of rotatable bonds is 7. The first-order chi connectivity index (χ1) is 13.4. The van der Waals surface area contributed by atoms with Crippen LogP contribution in [0.2, 0.25) is 0 Å². The van der Waals surface area contributed by atoms with Crippen LogP contribution in [0.3, 0.4) is 0 Å². The van der Waals surface area contributed by atoms with Crippen LogP contribution in [0, 0.1) is 0 Å². The Kier molecular flexibility index (Phi) is 6.10. The second-order valence-corrected chi connectivity index (χ2v) is 8.26. The molecule has 2 aromatic rings. The molecular weight excluding hydrogens is 376 g/mol. The fourth-order valence-corrected chi connectivity index (χ4v) is 4.11. The lowest BCUT2D eigenvalue weighted by Gasteiger charge is -2.28. The molecule has 6 heteroatoms. The highest BCUT2D eigenvalue weighted by atomic mass is 32.2. The quantitative estimate of drug-likeness (QED) is 0.676. The largest absolute Gasteiger partial charge is 0.493 e. The highest BCUT2D eigenvalue weighted by Crippen LogP contribution is 2.44. The third-order valence-corrected chi connectivity index (χ3v) is 5.75. The van der Waals surface area contributed by atoms with E-state index < -0.39 is 0 Å². The van der Waals surface area contributed by atoms with Gasteiger partial charge in [-0.15, -0.1) is 11.8 Å². The summed E-state index contributed by atoms with van der Waals surface area (Å²) in [6.07, 6.45) is 4.13. The molecule has 1 heterocycles. The highest BCUT2D eigenvalue weighted by Gasteiger charge is 2.23. The number of methoxy groups -OCH3 is 3. The van der Waals surface area contributed by atoms with Gasteiger partial charge in [0, 0.05) is 10.5 Å². The molecule has 0 saturated carbocycles. The summed E-state index contributed by atoms with van der Waals surface area (Å²) in [6.45, 7) is 4.03. The third kappa shape index (κ3) is 4.23. The van der Waals surface area contributed by atoms with Gasteiger partial charge in [-0.05, 0) is 55.8 Å². The lowest BCUT2D eigenvalue weighted by atomic mass is 10.0. The summed E-state index contributed by atoms with van der Waals surface area (Å²) in [7, 11) is 4.74. The van der Waals surface area contributed by atoms with E-state index in [1.54, 1.807) is 33.1 Å². The molecule has 0 aliphatic carbocycles. The van der Waals surface area contributed by atoms with Gasteiger partial charge in [0.1, 0.15) is 11.4 Å². The van der Waals surface area contributed by atoms with Crippen LogP contribution in [0.4, 0.5) is 0 Å². The molecule has 1 aliphatic heterocycles. The van der Waals surface area contributed by atoms with Gasteiger partial charge in [0.05, 0.1) is 33.2 Å². The Hall–Kier alpha value is -2.31. The number of hydrogen-bond acceptors (Lipinski definition) is 6. The van der Waals surface area contributed by atoms with Crippen molar-refractivity contribution in [3.63, 3.8) is 0 Å². The van der Waals surface area contributed by atoms with Crippen LogP contribution in [0.1, 0.15) is 30.2 Å². The summed E-state index contributed by atoms with van der Waals surface area (Å²) in [5, 5.41) is 9.85. The van der Waals surface area contributed by atoms with Crippen molar-refractivity contribution in [1.29, 1.82) is 0 Å². The lowest BCUT2D eigenvalue weighted by molar-refractivity contribution is 0.159. The fraction of sp³-hybridized carbons (Fsp3) is 0.364. The molecule has 0 aromatic heterocycles. The average molecular weight is 403 g/mol. The number of hydrogen-bond donors (Lipinski definition) is 1. The second-order valence-electron chi connectivity index (χ2n) is 6.99. The zero-order valence-electron chi connectivity index (χ0n) is 16.8. The number of aliphatic hydroxyl groups excluding tert-OH is 1. The molecule has 1 aliphatic rings. The Morgan fingerprint density at radius 2 is 1.71 bits per heavy atom. The monoisotopic (exact) mass is 402 g/mol. The van der Waals surface area contributed by atoms with E-state index in [-0.39, 0.29) is 17.5 Å². The zero-order chi connectivity index (χ0) is 20.3. The van der Waals surface area contributed by atoms with Crippen LogP contribution in [0.5, 0.6) is 23.0 Å². The minimum absolute atomic E-state index is 0.0280. The molecule has 0 amide bonds. The Morgan fingerprint density at radius 3 is 2.29 bits per heavy atom. The SMILES string of the molecule is COc1cc(C(CO)Sc2ccc3c(c2)C=CC(C)(C)O3)cc(OC)c1OC. The van der Waals surface area contributed by atoms with Crippen LogP contribution < -0.4 is 18.9 Å². The van der Waals surface area contributed by atoms with Crippen molar-refractivity contribution in [3.8, 4) is 23.0 Å². The predicted molar refractivity (Wildman–Crippen MR) is 112 cm³/mol. The van der Waals surface area contributed by atoms with Crippen molar-refractivity contribution < 1.29 is 24.1 Å². The van der Waals surface area contributed by atoms with Crippen LogP contribution in [0.25, 0.3) is 6.08 Å². The van der Waals surface area contributed by atoms with Crippen molar-refractivity contribution in [1.82, 2.24) is 0 Å². The number of fused-ring (bicyclic) bond motifs is 1. The molecule has 1 N–H and O–H groups in total. The van der Waals surface area contributed by atoms with Crippen LogP contribution in [-0.2, 0) is 0 Å². The number of ether oxygens (including phenoxy) is 4. The molecular formula is C22H26O5S. The smallest absolute Gasteiger partial charge is 0.203 e. The van der Waals surface area contributed by atoms with Gasteiger partial charge in [-0.3, -0.25) is 0 Å². The summed E-state index contributed by atoms with van der Waals surface area (Å²) >= 11 is 1.57. The van der Waals surface area contributed by atoms with Gasteiger partial charge in [0.15, 0.2) is 11.5 Å². The number of benzene rings is 2. The van der Waals surface area contributed by atoms with Crippen LogP contribution >= 0.6 is 11.8 Å². The summed E-state index contributed by atoms with van der Waals surface area (Å²) in [6, 6.07) is 9.82. The van der Waals surface area contributed by atoms with Gasteiger partial charge < -0.3 is 24.1 Å². The van der Waals surface area contributed by atoms with E-state index in [0.29, 0.717) is 17.2 Å². The van der Waals surface area contributed by atoms with Crippen molar-refractivity contribution in [2.75, 3.05) is 27.9 Å². The van der Waals surface area contributed by atoms with Crippen molar-refractivity contribution in [2.45, 2.75) is 29.6 Å². The van der Waals surface area contributed by atoms with E-state index in [4.69, 9.17) is 18.9 Å². The van der Waals surface area contributed by atoms with Crippen LogP contribution in [0.15, 0.2) is 41.3 Å². The molecule has 0 bridgehead atoms. The Bertz CT molecular complexity index is 850. The van der Waals surface area contributed by atoms with E-state index in [9.17, 15) is 5.11 Å². The van der Waals surface area contributed by atoms with Gasteiger partial charge in [0.25, 0.3) is 0 Å². The Labute approximate surface area is 170 Å². The third-order valence-electron chi connectivity index (χ3n) is 4.52. The van der Waals surface area contributed by atoms with Gasteiger partial charge in [-0.1, -0.05) is 6.08 Å². The first kappa shape index (κ1) is 20.4. The number of thioether (sulfide) groups is 1. The Balaban J connectivity index is 1.89. The van der Waals surface area contributed by atoms with Gasteiger partial charge in [0.2, 0.25) is 5.75 Å². The second kappa shape index (κ2) is 8.37. The summed E-state index contributed by atoms with van der Waals surface area (Å²) in [5.41, 5.74) is 1.63. The number of aliphatic hydroxyl groups is 1. The maximum atomic E-state index is 10.0. The van der Waals surface area contributed by atoms with E-state index in [1.165, 1.54) is 0 Å². The molecule has 1 unspecified atom stereocenters. The fourth-order valence-electron chi connectivity index (χ4n) is 3.09. The first-order valence-electron chi connectivity index (χ1n) is 9.00. The molecule has 150 valence electrons. The topological polar surface area (TPSA) is 57.2 Å². The van der Waals surface area contributed by atoms with Gasteiger partial charge in [-0.25, -0.2) is 0 Å². The normalized spacial score (nSPS) is 15.4. The van der Waals surface area contributed by atoms with E-state index >= 15 is 0 Å². The molecule has 5 nitrogen and oxygen atoms in total. The summed E-state index contributed by atoms with van der Waals surface area (Å²) in [4.78, 5) is 1.04. The first-order valence-corrected chi connectivity index (χ1v) is 9.88. The predicted octanol–water partition coefficient (Wildman–Crippen LogP) is 4.72. The molecule has 0 fully saturated rings. The maximum absolute atomic E-state index is 10.0. The Morgan fingerprint density at radius 1 is 1.04 bits per heavy atom. The lowest BCUT2D eigenvalue weighted by Crippen LogP contribution is -2.27. The zero-order valence-corrected chi connectivity index (χ0v) is 17.6. The van der Waals surface area contributed by atoms with Gasteiger partial charge in [-0.2, -0.15) is 0 Å². The molecule has 0 spiro atoms. The minimum atomic E-state index is -0.300. The molecule has 0 radical (unpaired) electrons. The van der Waals surface area contributed by atoms with E-state index in [0.717, 1.165) is 21.8 Å². The van der Waals surface area contributed by atoms with Crippen molar-refractivity contribution >= 4 is 17.8 Å². The van der Waals surface area contributed by atoms with Crippen molar-refractivity contribution in [2.24, 2.45) is 0 Å². The maximum Gasteiger partial charge on any atom is 0.203 e. The van der Waals surface area contributed by atoms with E-state index in [1.807, 2.05) is 44.2 Å². The molecule has 0 saturated heterocycles. The summed E-state index contributed by atoms with van der Waals surface area (Å²) in [5.74, 6) is 2.54.